The molecule has 2 atom stereocenters. The predicted molar refractivity (Wildman–Crippen MR) is 70.9 cm³/mol. The van der Waals surface area contributed by atoms with Gasteiger partial charge in [-0.3, -0.25) is 14.8 Å². The lowest BCUT2D eigenvalue weighted by Crippen LogP contribution is -2.54. The third-order valence-corrected chi connectivity index (χ3v) is 3.79. The molecule has 21 heavy (non-hydrogen) atoms. The van der Waals surface area contributed by atoms with E-state index in [4.69, 9.17) is 0 Å². The van der Waals surface area contributed by atoms with Crippen molar-refractivity contribution in [1.82, 2.24) is 20.4 Å². The average molecular weight is 304 g/mol. The summed E-state index contributed by atoms with van der Waals surface area (Å²) in [6.45, 7) is 2.11. The molecule has 0 saturated carbocycles. The highest BCUT2D eigenvalue weighted by Gasteiger charge is 2.44. The first-order valence-corrected chi connectivity index (χ1v) is 6.93. The molecule has 1 aliphatic rings. The van der Waals surface area contributed by atoms with Crippen molar-refractivity contribution in [3.8, 4) is 0 Å². The maximum Gasteiger partial charge on any atom is 0.404 e. The van der Waals surface area contributed by atoms with E-state index in [2.05, 4.69) is 15.5 Å². The number of hydrogen-bond acceptors (Lipinski definition) is 3. The van der Waals surface area contributed by atoms with Crippen molar-refractivity contribution < 1.29 is 18.0 Å². The van der Waals surface area contributed by atoms with Gasteiger partial charge in [0.2, 0.25) is 0 Å². The number of nitrogens with one attached hydrogen (secondary N) is 2. The van der Waals surface area contributed by atoms with Crippen molar-refractivity contribution in [1.29, 1.82) is 0 Å². The zero-order valence-electron chi connectivity index (χ0n) is 12.0. The van der Waals surface area contributed by atoms with Gasteiger partial charge in [0.15, 0.2) is 0 Å². The number of carbonyl (C=O) groups is 1. The summed E-state index contributed by atoms with van der Waals surface area (Å²) in [7, 11) is 1.43. The minimum absolute atomic E-state index is 0.00821. The summed E-state index contributed by atoms with van der Waals surface area (Å²) in [5.41, 5.74) is 1.12. The summed E-state index contributed by atoms with van der Waals surface area (Å²) in [5, 5.41) is 9.38. The van der Waals surface area contributed by atoms with E-state index in [1.165, 1.54) is 11.9 Å². The Labute approximate surface area is 120 Å². The van der Waals surface area contributed by atoms with E-state index in [0.717, 1.165) is 12.1 Å². The van der Waals surface area contributed by atoms with E-state index in [1.807, 2.05) is 6.92 Å². The Morgan fingerprint density at radius 3 is 2.76 bits per heavy atom. The summed E-state index contributed by atoms with van der Waals surface area (Å²) in [4.78, 5) is 13.2. The van der Waals surface area contributed by atoms with E-state index < -0.39 is 12.2 Å². The van der Waals surface area contributed by atoms with Crippen molar-refractivity contribution >= 4 is 5.91 Å². The van der Waals surface area contributed by atoms with Crippen LogP contribution in [-0.2, 0) is 6.42 Å². The second kappa shape index (κ2) is 6.05. The van der Waals surface area contributed by atoms with E-state index in [-0.39, 0.29) is 30.6 Å². The molecular formula is C13H19F3N4O. The number of H-pyrrole nitrogens is 1. The quantitative estimate of drug-likeness (QED) is 0.894. The van der Waals surface area contributed by atoms with Crippen LogP contribution in [0.25, 0.3) is 0 Å². The highest BCUT2D eigenvalue weighted by Crippen LogP contribution is 2.30. The molecule has 1 aliphatic heterocycles. The number of likely N-dealkylation sites (tertiary alicyclic amines) is 1. The molecule has 0 spiro atoms. The molecule has 118 valence electrons. The Kier molecular flexibility index (Phi) is 4.55. The lowest BCUT2D eigenvalue weighted by atomic mass is 9.98. The molecule has 2 N–H and O–H groups in total. The van der Waals surface area contributed by atoms with Crippen molar-refractivity contribution in [2.24, 2.45) is 0 Å². The van der Waals surface area contributed by atoms with Crippen LogP contribution in [0.15, 0.2) is 6.07 Å². The second-order valence-corrected chi connectivity index (χ2v) is 5.38. The first-order chi connectivity index (χ1) is 9.81. The lowest BCUT2D eigenvalue weighted by molar-refractivity contribution is -0.188. The Morgan fingerprint density at radius 2 is 2.24 bits per heavy atom. The van der Waals surface area contributed by atoms with Crippen LogP contribution >= 0.6 is 0 Å². The molecule has 0 bridgehead atoms. The summed E-state index contributed by atoms with van der Waals surface area (Å²) in [6, 6.07) is -0.0639. The molecule has 5 nitrogen and oxygen atoms in total. The SMILES string of the molecule is CCc1cc(C(=O)NC2CCC(C(F)(F)F)N(C)C2)n[nH]1. The molecule has 1 fully saturated rings. The van der Waals surface area contributed by atoms with Crippen molar-refractivity contribution in [3.05, 3.63) is 17.5 Å². The number of alkyl halides is 3. The number of likely N-dealkylation sites (N-methyl/N-ethyl adjacent to an activating group) is 1. The Bertz CT molecular complexity index is 500. The third-order valence-electron chi connectivity index (χ3n) is 3.79. The summed E-state index contributed by atoms with van der Waals surface area (Å²) in [5.74, 6) is -0.352. The molecule has 8 heteroatoms. The first-order valence-electron chi connectivity index (χ1n) is 6.93. The van der Waals surface area contributed by atoms with Crippen LogP contribution in [0.1, 0.15) is 35.9 Å². The molecule has 0 aliphatic carbocycles. The van der Waals surface area contributed by atoms with E-state index >= 15 is 0 Å². The van der Waals surface area contributed by atoms with Gasteiger partial charge in [0, 0.05) is 18.3 Å². The Morgan fingerprint density at radius 1 is 1.52 bits per heavy atom. The second-order valence-electron chi connectivity index (χ2n) is 5.38. The van der Waals surface area contributed by atoms with Gasteiger partial charge in [-0.1, -0.05) is 6.92 Å². The van der Waals surface area contributed by atoms with Gasteiger partial charge in [-0.05, 0) is 32.4 Å². The number of aromatic amines is 1. The van der Waals surface area contributed by atoms with Gasteiger partial charge in [-0.2, -0.15) is 18.3 Å². The molecule has 1 aromatic heterocycles. The maximum atomic E-state index is 12.7. The van der Waals surface area contributed by atoms with Crippen LogP contribution in [0.4, 0.5) is 13.2 Å². The number of rotatable bonds is 3. The van der Waals surface area contributed by atoms with Crippen LogP contribution in [0.3, 0.4) is 0 Å². The number of aromatic nitrogens is 2. The Balaban J connectivity index is 1.92. The fourth-order valence-electron chi connectivity index (χ4n) is 2.60. The molecule has 1 amide bonds. The number of hydrogen-bond donors (Lipinski definition) is 2. The number of piperidine rings is 1. The fraction of sp³-hybridized carbons (Fsp3) is 0.692. The summed E-state index contributed by atoms with van der Waals surface area (Å²) in [6.07, 6.45) is -3.18. The molecule has 1 saturated heterocycles. The number of amides is 1. The van der Waals surface area contributed by atoms with Crippen molar-refractivity contribution in [2.75, 3.05) is 13.6 Å². The van der Waals surface area contributed by atoms with Gasteiger partial charge in [0.1, 0.15) is 11.7 Å². The van der Waals surface area contributed by atoms with Crippen molar-refractivity contribution in [2.45, 2.75) is 44.4 Å². The maximum absolute atomic E-state index is 12.7. The molecule has 2 unspecified atom stereocenters. The Hall–Kier alpha value is -1.57. The molecule has 1 aromatic rings. The predicted octanol–water partition coefficient (Wildman–Crippen LogP) is 1.73. The smallest absolute Gasteiger partial charge is 0.347 e. The van der Waals surface area contributed by atoms with E-state index in [1.54, 1.807) is 6.07 Å². The zero-order valence-corrected chi connectivity index (χ0v) is 12.0. The molecular weight excluding hydrogens is 285 g/mol. The monoisotopic (exact) mass is 304 g/mol. The largest absolute Gasteiger partial charge is 0.404 e. The molecule has 0 aromatic carbocycles. The fourth-order valence-corrected chi connectivity index (χ4v) is 2.60. The average Bonchev–Trinajstić information content (AvgIpc) is 2.86. The normalized spacial score (nSPS) is 24.0. The van der Waals surface area contributed by atoms with Crippen LogP contribution in [-0.4, -0.2) is 52.9 Å². The van der Waals surface area contributed by atoms with Crippen LogP contribution in [0, 0.1) is 0 Å². The van der Waals surface area contributed by atoms with Crippen molar-refractivity contribution in [3.63, 3.8) is 0 Å². The number of aryl methyl sites for hydroxylation is 1. The summed E-state index contributed by atoms with van der Waals surface area (Å²) >= 11 is 0. The number of halogens is 3. The summed E-state index contributed by atoms with van der Waals surface area (Å²) < 4.78 is 38.2. The highest BCUT2D eigenvalue weighted by molar-refractivity contribution is 5.92. The van der Waals surface area contributed by atoms with Crippen LogP contribution in [0.2, 0.25) is 0 Å². The standard InChI is InChI=1S/C13H19F3N4O/c1-3-8-6-10(19-18-8)12(21)17-9-4-5-11(13(14,15)16)20(2)7-9/h6,9,11H,3-5,7H2,1-2H3,(H,17,21)(H,18,19). The first kappa shape index (κ1) is 15.8. The minimum atomic E-state index is -4.22. The molecule has 2 rings (SSSR count). The van der Waals surface area contributed by atoms with Gasteiger partial charge in [0.05, 0.1) is 0 Å². The highest BCUT2D eigenvalue weighted by atomic mass is 19.4. The van der Waals surface area contributed by atoms with Crippen LogP contribution < -0.4 is 5.32 Å². The number of nitrogens with zero attached hydrogens (tertiary/aromatic N) is 2. The van der Waals surface area contributed by atoms with E-state index in [0.29, 0.717) is 6.42 Å². The van der Waals surface area contributed by atoms with Gasteiger partial charge < -0.3 is 5.32 Å². The zero-order chi connectivity index (χ0) is 15.6. The van der Waals surface area contributed by atoms with Crippen LogP contribution in [0.5, 0.6) is 0 Å². The van der Waals surface area contributed by atoms with Gasteiger partial charge in [-0.25, -0.2) is 0 Å². The number of carbonyl (C=O) groups excluding carboxylic acids is 1. The van der Waals surface area contributed by atoms with E-state index in [9.17, 15) is 18.0 Å². The minimum Gasteiger partial charge on any atom is -0.347 e. The van der Waals surface area contributed by atoms with Gasteiger partial charge in [-0.15, -0.1) is 0 Å². The molecule has 0 radical (unpaired) electrons. The van der Waals surface area contributed by atoms with Gasteiger partial charge in [0.25, 0.3) is 5.91 Å². The van der Waals surface area contributed by atoms with Gasteiger partial charge >= 0.3 is 6.18 Å². The molecule has 2 heterocycles. The topological polar surface area (TPSA) is 61.0 Å². The lowest BCUT2D eigenvalue weighted by Gasteiger charge is -2.38. The third kappa shape index (κ3) is 3.75.